The van der Waals surface area contributed by atoms with Crippen molar-refractivity contribution >= 4 is 52.0 Å². The highest BCUT2D eigenvalue weighted by molar-refractivity contribution is 5.88. The van der Waals surface area contributed by atoms with E-state index < -0.39 is 18.2 Å². The van der Waals surface area contributed by atoms with Crippen LogP contribution >= 0.6 is 0 Å². The van der Waals surface area contributed by atoms with E-state index in [9.17, 15) is 28.8 Å². The number of para-hydroxylation sites is 1. The molecule has 0 saturated carbocycles. The summed E-state index contributed by atoms with van der Waals surface area (Å²) in [5.74, 6) is -0.285. The molecule has 3 saturated heterocycles. The SMILES string of the molecule is CCCCCCN(C)C(=O)OCn1cc2cc(C[C@@H](NC(=O)N3CCC(c4cc5ccccc5n(COC(=O)N(C)CCCCCC)c4=O)CC3)C(=O)N3CCN(C4CC[N+](C)(COC(=O)N(C)CCCCCC)CC4)CC3)cc(C)c2n1. The maximum absolute atomic E-state index is 14.9. The van der Waals surface area contributed by atoms with Gasteiger partial charge in [0, 0.05) is 122 Å². The monoisotopic (exact) mass is 1150 g/mol. The summed E-state index contributed by atoms with van der Waals surface area (Å²) in [4.78, 5) is 93.4. The summed E-state index contributed by atoms with van der Waals surface area (Å²) in [7, 11) is 7.45. The predicted octanol–water partition coefficient (Wildman–Crippen LogP) is 9.73. The van der Waals surface area contributed by atoms with Gasteiger partial charge in [-0.2, -0.15) is 5.10 Å². The van der Waals surface area contributed by atoms with Gasteiger partial charge in [0.25, 0.3) is 5.56 Å². The molecule has 5 heterocycles. The lowest BCUT2D eigenvalue weighted by Gasteiger charge is -2.45. The van der Waals surface area contributed by atoms with E-state index in [1.807, 2.05) is 67.5 Å². The zero-order valence-corrected chi connectivity index (χ0v) is 51.4. The maximum atomic E-state index is 14.9. The van der Waals surface area contributed by atoms with E-state index in [1.165, 1.54) is 6.42 Å². The Hall–Kier alpha value is -6.41. The molecule has 0 aliphatic carbocycles. The minimum atomic E-state index is -0.871. The number of amides is 6. The van der Waals surface area contributed by atoms with Gasteiger partial charge < -0.3 is 44.0 Å². The number of fused-ring (bicyclic) bond motifs is 2. The van der Waals surface area contributed by atoms with E-state index in [0.717, 1.165) is 124 Å². The van der Waals surface area contributed by atoms with Gasteiger partial charge in [-0.3, -0.25) is 23.5 Å². The van der Waals surface area contributed by atoms with E-state index in [0.29, 0.717) is 100 Å². The molecule has 0 spiro atoms. The molecule has 83 heavy (non-hydrogen) atoms. The summed E-state index contributed by atoms with van der Waals surface area (Å²) >= 11 is 0. The zero-order valence-electron chi connectivity index (χ0n) is 51.4. The van der Waals surface area contributed by atoms with Crippen molar-refractivity contribution in [3.8, 4) is 0 Å². The fraction of sp³-hybridized carbons (Fsp3) is 0.667. The number of nitrogens with one attached hydrogen (secondary N) is 1. The van der Waals surface area contributed by atoms with Crippen molar-refractivity contribution in [1.29, 1.82) is 0 Å². The number of nitrogens with zero attached hydrogens (tertiary/aromatic N) is 10. The number of hydrogen-bond acceptors (Lipinski definition) is 11. The van der Waals surface area contributed by atoms with Crippen LogP contribution in [0.5, 0.6) is 0 Å². The minimum absolute atomic E-state index is 0.0448. The molecule has 6 amide bonds. The molecule has 20 nitrogen and oxygen atoms in total. The first-order valence-electron chi connectivity index (χ1n) is 31.2. The molecular weight excluding hydrogens is 1050 g/mol. The van der Waals surface area contributed by atoms with Crippen molar-refractivity contribution in [3.05, 3.63) is 75.7 Å². The van der Waals surface area contributed by atoms with Crippen molar-refractivity contribution in [1.82, 2.24) is 49.1 Å². The van der Waals surface area contributed by atoms with E-state index in [2.05, 4.69) is 38.0 Å². The zero-order chi connectivity index (χ0) is 59.5. The van der Waals surface area contributed by atoms with E-state index >= 15 is 0 Å². The van der Waals surface area contributed by atoms with Gasteiger partial charge in [0.15, 0.2) is 13.5 Å². The molecule has 2 aromatic carbocycles. The van der Waals surface area contributed by atoms with Gasteiger partial charge in [-0.05, 0) is 79.7 Å². The summed E-state index contributed by atoms with van der Waals surface area (Å²) in [5.41, 5.74) is 3.59. The van der Waals surface area contributed by atoms with Gasteiger partial charge in [0.05, 0.1) is 31.2 Å². The number of unbranched alkanes of at least 4 members (excludes halogenated alkanes) is 9. The number of benzene rings is 2. The van der Waals surface area contributed by atoms with Crippen molar-refractivity contribution in [3.63, 3.8) is 0 Å². The Morgan fingerprint density at radius 2 is 1.24 bits per heavy atom. The van der Waals surface area contributed by atoms with Crippen LogP contribution in [-0.2, 0) is 38.9 Å². The molecule has 20 heteroatoms. The van der Waals surface area contributed by atoms with E-state index in [-0.39, 0.29) is 49.4 Å². The number of rotatable bonds is 27. The van der Waals surface area contributed by atoms with Crippen LogP contribution in [0, 0.1) is 6.92 Å². The van der Waals surface area contributed by atoms with Crippen molar-refractivity contribution in [2.24, 2.45) is 0 Å². The number of ether oxygens (including phenoxy) is 3. The lowest BCUT2D eigenvalue weighted by Crippen LogP contribution is -2.60. The average molecular weight is 1150 g/mol. The standard InChI is InChI=1S/C63H97N11O9/c1-9-12-15-20-29-66(5)61(78)81-45-72-44-52-41-49(40-48(4)57(52)65-72)42-55(59(76)70-36-34-69(35-37-70)53-27-38-74(8,39-28-53)47-83-63(80)68(7)31-22-17-14-11-3)64-60(77)71-32-25-50(26-33-71)54-43-51-23-18-19-24-56(51)73(58(54)75)46-82-62(79)67(6)30-21-16-13-10-2/h18-19,23-24,40-41,43-44,50,53,55H,9-17,20-22,25-39,42,45-47H2,1-8H3/p+1/t53?,55-,74?/m1/s1. The molecule has 3 aliphatic heterocycles. The predicted molar refractivity (Wildman–Crippen MR) is 324 cm³/mol. The first-order chi connectivity index (χ1) is 40.0. The average Bonchev–Trinajstić information content (AvgIpc) is 4.07. The Morgan fingerprint density at radius 3 is 1.83 bits per heavy atom. The van der Waals surface area contributed by atoms with Crippen LogP contribution in [0.25, 0.3) is 21.8 Å². The van der Waals surface area contributed by atoms with Gasteiger partial charge in [-0.1, -0.05) is 103 Å². The van der Waals surface area contributed by atoms with Crippen LogP contribution in [0.1, 0.15) is 146 Å². The molecule has 4 aromatic rings. The Balaban J connectivity index is 1.000. The summed E-state index contributed by atoms with van der Waals surface area (Å²) in [6.45, 7) is 15.5. The van der Waals surface area contributed by atoms with Crippen LogP contribution in [0.15, 0.2) is 53.5 Å². The van der Waals surface area contributed by atoms with Gasteiger partial charge in [-0.15, -0.1) is 0 Å². The van der Waals surface area contributed by atoms with Gasteiger partial charge in [0.2, 0.25) is 12.6 Å². The number of piperazine rings is 1. The topological polar surface area (TPSA) is 184 Å². The van der Waals surface area contributed by atoms with Gasteiger partial charge in [-0.25, -0.2) is 23.9 Å². The van der Waals surface area contributed by atoms with Crippen LogP contribution in [-0.4, -0.2) is 197 Å². The number of carbonyl (C=O) groups is 5. The lowest BCUT2D eigenvalue weighted by molar-refractivity contribution is -0.930. The van der Waals surface area contributed by atoms with Crippen molar-refractivity contribution in [2.45, 2.75) is 168 Å². The molecule has 1 atom stereocenters. The summed E-state index contributed by atoms with van der Waals surface area (Å²) in [6, 6.07) is 12.7. The molecule has 0 radical (unpaired) electrons. The van der Waals surface area contributed by atoms with Crippen LogP contribution in [0.3, 0.4) is 0 Å². The molecule has 1 N–H and O–H groups in total. The molecule has 3 fully saturated rings. The number of aromatic nitrogens is 3. The number of hydrogen-bond donors (Lipinski definition) is 1. The number of pyridine rings is 1. The van der Waals surface area contributed by atoms with E-state index in [4.69, 9.17) is 19.3 Å². The van der Waals surface area contributed by atoms with Gasteiger partial charge >= 0.3 is 24.3 Å². The minimum Gasteiger partial charge on any atom is -0.428 e. The number of quaternary nitrogens is 1. The second kappa shape index (κ2) is 31.5. The third-order valence-corrected chi connectivity index (χ3v) is 17.5. The Labute approximate surface area is 492 Å². The molecule has 0 bridgehead atoms. The van der Waals surface area contributed by atoms with Crippen LogP contribution in [0.4, 0.5) is 19.2 Å². The van der Waals surface area contributed by atoms with Gasteiger partial charge in [0.1, 0.15) is 6.04 Å². The van der Waals surface area contributed by atoms with Crippen molar-refractivity contribution in [2.75, 3.05) is 107 Å². The second-order valence-corrected chi connectivity index (χ2v) is 24.1. The Morgan fingerprint density at radius 1 is 0.675 bits per heavy atom. The molecule has 7 rings (SSSR count). The first kappa shape index (κ1) is 64.2. The number of urea groups is 1. The number of likely N-dealkylation sites (tertiary alicyclic amines) is 2. The Bertz CT molecular complexity index is 2810. The Kier molecular flexibility index (Phi) is 24.3. The van der Waals surface area contributed by atoms with Crippen LogP contribution in [0.2, 0.25) is 0 Å². The highest BCUT2D eigenvalue weighted by Gasteiger charge is 2.38. The quantitative estimate of drug-likeness (QED) is 0.0341. The molecular formula is C63H98N11O9+. The molecule has 2 aromatic heterocycles. The molecule has 458 valence electrons. The summed E-state index contributed by atoms with van der Waals surface area (Å²) in [5, 5.41) is 9.63. The lowest BCUT2D eigenvalue weighted by atomic mass is 9.89. The van der Waals surface area contributed by atoms with Crippen LogP contribution < -0.4 is 10.9 Å². The third-order valence-electron chi connectivity index (χ3n) is 17.5. The fourth-order valence-corrected chi connectivity index (χ4v) is 12.0. The maximum Gasteiger partial charge on any atom is 0.413 e. The largest absolute Gasteiger partial charge is 0.428 e. The third kappa shape index (κ3) is 18.1. The highest BCUT2D eigenvalue weighted by Crippen LogP contribution is 2.30. The molecule has 0 unspecified atom stereocenters. The molecule has 3 aliphatic rings. The highest BCUT2D eigenvalue weighted by atomic mass is 16.6. The van der Waals surface area contributed by atoms with E-state index in [1.54, 1.807) is 42.9 Å². The first-order valence-corrected chi connectivity index (χ1v) is 31.2. The number of piperidine rings is 2. The summed E-state index contributed by atoms with van der Waals surface area (Å²) in [6.07, 6.45) is 16.7. The fourth-order valence-electron chi connectivity index (χ4n) is 12.0. The number of aryl methyl sites for hydroxylation is 1. The number of carbonyl (C=O) groups excluding carboxylic acids is 5. The normalized spacial score (nSPS) is 18.2. The smallest absolute Gasteiger partial charge is 0.413 e. The van der Waals surface area contributed by atoms with Crippen molar-refractivity contribution < 1.29 is 42.7 Å². The summed E-state index contributed by atoms with van der Waals surface area (Å²) < 4.78 is 21.0. The second-order valence-electron chi connectivity index (χ2n) is 24.1.